The maximum absolute atomic E-state index is 13.4. The number of carbonyl (C=O) groups is 2. The number of nitrogens with zero attached hydrogens (tertiary/aromatic N) is 3. The van der Waals surface area contributed by atoms with Crippen molar-refractivity contribution in [3.05, 3.63) is 83.3 Å². The number of benzene rings is 1. The molecular weight excluding hydrogens is 590 g/mol. The van der Waals surface area contributed by atoms with E-state index in [1.54, 1.807) is 24.4 Å². The molecule has 8 heteroatoms. The van der Waals surface area contributed by atoms with E-state index in [1.165, 1.54) is 0 Å². The Labute approximate surface area is 278 Å². The number of carbonyl (C=O) groups excluding carboxylic acids is 1. The average Bonchev–Trinajstić information content (AvgIpc) is 3.89. The molecule has 2 aromatic heterocycles. The normalized spacial score (nSPS) is 16.4. The van der Waals surface area contributed by atoms with Crippen molar-refractivity contribution in [2.45, 2.75) is 84.5 Å². The van der Waals surface area contributed by atoms with Gasteiger partial charge in [-0.25, -0.2) is 4.98 Å². The summed E-state index contributed by atoms with van der Waals surface area (Å²) in [5, 5.41) is 19.5. The van der Waals surface area contributed by atoms with Crippen LogP contribution in [0.2, 0.25) is 0 Å². The van der Waals surface area contributed by atoms with Crippen LogP contribution in [-0.4, -0.2) is 51.6 Å². The number of carboxylic acid groups (broad SMARTS) is 1. The lowest BCUT2D eigenvalue weighted by molar-refractivity contribution is -0.137. The number of piperidine rings is 1. The van der Waals surface area contributed by atoms with Gasteiger partial charge in [-0.1, -0.05) is 26.0 Å². The lowest BCUT2D eigenvalue weighted by Crippen LogP contribution is -2.36. The summed E-state index contributed by atoms with van der Waals surface area (Å²) in [7, 11) is 0. The van der Waals surface area contributed by atoms with Gasteiger partial charge in [-0.05, 0) is 117 Å². The maximum Gasteiger partial charge on any atom is 0.303 e. The van der Waals surface area contributed by atoms with Crippen molar-refractivity contribution in [1.82, 2.24) is 9.97 Å². The number of ketones is 1. The summed E-state index contributed by atoms with van der Waals surface area (Å²) in [6.07, 6.45) is 13.0. The van der Waals surface area contributed by atoms with E-state index in [1.807, 2.05) is 37.3 Å². The van der Waals surface area contributed by atoms with Gasteiger partial charge in [0.05, 0.1) is 18.0 Å². The van der Waals surface area contributed by atoms with Crippen molar-refractivity contribution in [3.63, 3.8) is 0 Å². The molecule has 1 unspecified atom stereocenters. The Morgan fingerprint density at radius 2 is 1.85 bits per heavy atom. The number of ether oxygens (including phenoxy) is 1. The molecule has 1 atom stereocenters. The first kappa shape index (κ1) is 34.1. The lowest BCUT2D eigenvalue weighted by Gasteiger charge is -2.34. The zero-order valence-electron chi connectivity index (χ0n) is 28.0. The highest BCUT2D eigenvalue weighted by Crippen LogP contribution is 2.45. The van der Waals surface area contributed by atoms with Crippen LogP contribution in [0.15, 0.2) is 60.8 Å². The zero-order valence-corrected chi connectivity index (χ0v) is 28.0. The van der Waals surface area contributed by atoms with Crippen LogP contribution in [0, 0.1) is 24.2 Å². The highest BCUT2D eigenvalue weighted by molar-refractivity contribution is 6.01. The molecule has 2 fully saturated rings. The number of phenols is 1. The van der Waals surface area contributed by atoms with E-state index in [2.05, 4.69) is 40.9 Å². The molecule has 1 aromatic carbocycles. The standard InChI is InChI=1S/C39H49N3O5/c1-27-6-4-7-31(41-27)15-20-39(2,3)19-5-8-36(44)34-12-11-32(43)25-35(34)42-22-17-28(18-23-42)26-47-37-24-30(16-21-40-37)33(29-9-10-29)13-14-38(45)46/h4,6-7,11-12,15-16,20-21,24-25,28-29,33,43H,5,8-10,13-14,17-19,22-23,26H2,1-3H3,(H,45,46)/b20-15+. The van der Waals surface area contributed by atoms with E-state index >= 15 is 0 Å². The third kappa shape index (κ3) is 10.1. The quantitative estimate of drug-likeness (QED) is 0.151. The fraction of sp³-hybridized carbons (Fsp3) is 0.487. The zero-order chi connectivity index (χ0) is 33.4. The van der Waals surface area contributed by atoms with Crippen LogP contribution in [0.3, 0.4) is 0 Å². The molecule has 0 radical (unpaired) electrons. The number of hydrogen-bond donors (Lipinski definition) is 2. The van der Waals surface area contributed by atoms with Crippen LogP contribution in [0.4, 0.5) is 5.69 Å². The first-order valence-corrected chi connectivity index (χ1v) is 17.1. The summed E-state index contributed by atoms with van der Waals surface area (Å²) in [5.41, 5.74) is 4.46. The molecule has 1 saturated carbocycles. The molecular formula is C39H49N3O5. The molecule has 1 saturated heterocycles. The molecule has 1 aliphatic carbocycles. The number of aromatic nitrogens is 2. The Bertz CT molecular complexity index is 1560. The largest absolute Gasteiger partial charge is 0.508 e. The van der Waals surface area contributed by atoms with E-state index in [9.17, 15) is 19.8 Å². The molecule has 47 heavy (non-hydrogen) atoms. The number of pyridine rings is 2. The predicted molar refractivity (Wildman–Crippen MR) is 185 cm³/mol. The number of Topliss-reactive ketones (excluding diaryl/α,β-unsaturated/α-hetero) is 1. The van der Waals surface area contributed by atoms with E-state index in [-0.39, 0.29) is 29.3 Å². The third-order valence-corrected chi connectivity index (χ3v) is 9.59. The second kappa shape index (κ2) is 15.6. The van der Waals surface area contributed by atoms with Gasteiger partial charge < -0.3 is 19.8 Å². The van der Waals surface area contributed by atoms with Crippen molar-refractivity contribution in [1.29, 1.82) is 0 Å². The van der Waals surface area contributed by atoms with Gasteiger partial charge in [0.1, 0.15) is 5.75 Å². The van der Waals surface area contributed by atoms with Crippen molar-refractivity contribution >= 4 is 23.5 Å². The van der Waals surface area contributed by atoms with Gasteiger partial charge >= 0.3 is 5.97 Å². The van der Waals surface area contributed by atoms with Gasteiger partial charge in [-0.15, -0.1) is 0 Å². The minimum atomic E-state index is -0.755. The van der Waals surface area contributed by atoms with Crippen molar-refractivity contribution in [2.24, 2.45) is 17.3 Å². The first-order valence-electron chi connectivity index (χ1n) is 17.1. The monoisotopic (exact) mass is 639 g/mol. The van der Waals surface area contributed by atoms with Gasteiger partial charge in [-0.2, -0.15) is 0 Å². The van der Waals surface area contributed by atoms with Crippen molar-refractivity contribution in [3.8, 4) is 11.6 Å². The minimum absolute atomic E-state index is 0.0659. The number of hydrogen-bond acceptors (Lipinski definition) is 7. The highest BCUT2D eigenvalue weighted by Gasteiger charge is 2.33. The van der Waals surface area contributed by atoms with Crippen LogP contribution in [0.25, 0.3) is 6.08 Å². The van der Waals surface area contributed by atoms with Gasteiger partial charge in [0.25, 0.3) is 0 Å². The average molecular weight is 640 g/mol. The molecule has 3 aromatic rings. The number of phenolic OH excluding ortho intramolecular Hbond substituents is 1. The number of anilines is 1. The number of aromatic hydroxyl groups is 1. The van der Waals surface area contributed by atoms with Crippen molar-refractivity contribution < 1.29 is 24.5 Å². The summed E-state index contributed by atoms with van der Waals surface area (Å²) in [5.74, 6) is 1.25. The van der Waals surface area contributed by atoms with Gasteiger partial charge in [0.15, 0.2) is 5.78 Å². The van der Waals surface area contributed by atoms with Crippen LogP contribution in [0.5, 0.6) is 11.6 Å². The molecule has 0 amide bonds. The van der Waals surface area contributed by atoms with Gasteiger partial charge in [0.2, 0.25) is 5.88 Å². The highest BCUT2D eigenvalue weighted by atomic mass is 16.5. The number of rotatable bonds is 16. The smallest absolute Gasteiger partial charge is 0.303 e. The Balaban J connectivity index is 1.12. The molecule has 0 bridgehead atoms. The lowest BCUT2D eigenvalue weighted by atomic mass is 9.85. The van der Waals surface area contributed by atoms with E-state index in [4.69, 9.17) is 4.74 Å². The van der Waals surface area contributed by atoms with Gasteiger partial charge in [-0.3, -0.25) is 14.6 Å². The van der Waals surface area contributed by atoms with Crippen LogP contribution in [-0.2, 0) is 4.79 Å². The molecule has 2 N–H and O–H groups in total. The topological polar surface area (TPSA) is 113 Å². The third-order valence-electron chi connectivity index (χ3n) is 9.59. The Morgan fingerprint density at radius 1 is 1.06 bits per heavy atom. The number of aryl methyl sites for hydroxylation is 1. The molecule has 1 aliphatic heterocycles. The second-order valence-electron chi connectivity index (χ2n) is 14.0. The molecule has 250 valence electrons. The van der Waals surface area contributed by atoms with E-state index in [0.717, 1.165) is 74.3 Å². The Morgan fingerprint density at radius 3 is 2.57 bits per heavy atom. The summed E-state index contributed by atoms with van der Waals surface area (Å²) >= 11 is 0. The van der Waals surface area contributed by atoms with E-state index < -0.39 is 5.97 Å². The molecule has 5 rings (SSSR count). The molecule has 0 spiro atoms. The van der Waals surface area contributed by atoms with Crippen LogP contribution in [0.1, 0.15) is 105 Å². The summed E-state index contributed by atoms with van der Waals surface area (Å²) in [4.78, 5) is 35.8. The molecule has 8 nitrogen and oxygen atoms in total. The summed E-state index contributed by atoms with van der Waals surface area (Å²) in [6.45, 7) is 8.46. The fourth-order valence-corrected chi connectivity index (χ4v) is 6.64. The first-order chi connectivity index (χ1) is 22.6. The second-order valence-corrected chi connectivity index (χ2v) is 14.0. The van der Waals surface area contributed by atoms with Crippen LogP contribution < -0.4 is 9.64 Å². The van der Waals surface area contributed by atoms with Gasteiger partial charge in [0, 0.05) is 55.5 Å². The fourth-order valence-electron chi connectivity index (χ4n) is 6.64. The Kier molecular flexibility index (Phi) is 11.3. The number of carboxylic acids is 1. The van der Waals surface area contributed by atoms with Crippen molar-refractivity contribution in [2.75, 3.05) is 24.6 Å². The summed E-state index contributed by atoms with van der Waals surface area (Å²) < 4.78 is 6.16. The van der Waals surface area contributed by atoms with E-state index in [0.29, 0.717) is 42.7 Å². The molecule has 3 heterocycles. The maximum atomic E-state index is 13.4. The summed E-state index contributed by atoms with van der Waals surface area (Å²) in [6, 6.07) is 15.1. The SMILES string of the molecule is Cc1cccc(/C=C/C(C)(C)CCCC(=O)c2ccc(O)cc2N2CCC(COc3cc(C(CCC(=O)O)C4CC4)ccn3)CC2)n1. The number of aliphatic carboxylic acids is 1. The predicted octanol–water partition coefficient (Wildman–Crippen LogP) is 8.24. The molecule has 2 aliphatic rings. The number of allylic oxidation sites excluding steroid dienone is 1. The van der Waals surface area contributed by atoms with Crippen LogP contribution >= 0.6 is 0 Å². The minimum Gasteiger partial charge on any atom is -0.508 e. The Hall–Kier alpha value is -4.20.